The van der Waals surface area contributed by atoms with Crippen molar-refractivity contribution in [2.24, 2.45) is 0 Å². The molecule has 33 heavy (non-hydrogen) atoms. The number of nitrogens with zero attached hydrogens (tertiary/aromatic N) is 1. The first kappa shape index (κ1) is 22.1. The minimum Gasteiger partial charge on any atom is -0.493 e. The van der Waals surface area contributed by atoms with E-state index in [2.05, 4.69) is 34.6 Å². The largest absolute Gasteiger partial charge is 0.493 e. The molecule has 0 spiro atoms. The van der Waals surface area contributed by atoms with E-state index in [4.69, 9.17) is 9.47 Å². The SMILES string of the molecule is COC(=O)c1ccc(C=C(CCOc2cccc3ccccc23)CNc2cccnc2)cc1. The fourth-order valence-corrected chi connectivity index (χ4v) is 3.58. The summed E-state index contributed by atoms with van der Waals surface area (Å²) in [6.07, 6.45) is 6.42. The van der Waals surface area contributed by atoms with Crippen molar-refractivity contribution >= 4 is 28.5 Å². The van der Waals surface area contributed by atoms with Gasteiger partial charge in [-0.3, -0.25) is 4.98 Å². The fraction of sp³-hybridized carbons (Fsp3) is 0.143. The van der Waals surface area contributed by atoms with Crippen molar-refractivity contribution in [2.45, 2.75) is 6.42 Å². The molecule has 1 N–H and O–H groups in total. The van der Waals surface area contributed by atoms with Gasteiger partial charge >= 0.3 is 5.97 Å². The Balaban J connectivity index is 1.48. The number of hydrogen-bond donors (Lipinski definition) is 1. The van der Waals surface area contributed by atoms with Crippen LogP contribution >= 0.6 is 0 Å². The lowest BCUT2D eigenvalue weighted by Crippen LogP contribution is -2.09. The van der Waals surface area contributed by atoms with Crippen molar-refractivity contribution in [3.8, 4) is 5.75 Å². The summed E-state index contributed by atoms with van der Waals surface area (Å²) in [5, 5.41) is 5.69. The maximum atomic E-state index is 11.7. The summed E-state index contributed by atoms with van der Waals surface area (Å²) in [5.41, 5.74) is 3.67. The molecule has 166 valence electrons. The van der Waals surface area contributed by atoms with Crippen molar-refractivity contribution in [1.29, 1.82) is 0 Å². The molecule has 0 aliphatic rings. The van der Waals surface area contributed by atoms with Gasteiger partial charge in [0.1, 0.15) is 5.75 Å². The highest BCUT2D eigenvalue weighted by atomic mass is 16.5. The van der Waals surface area contributed by atoms with E-state index in [1.165, 1.54) is 12.7 Å². The van der Waals surface area contributed by atoms with Crippen molar-refractivity contribution in [3.63, 3.8) is 0 Å². The van der Waals surface area contributed by atoms with Crippen LogP contribution in [0.5, 0.6) is 5.75 Å². The van der Waals surface area contributed by atoms with Gasteiger partial charge in [0.05, 0.1) is 25.0 Å². The van der Waals surface area contributed by atoms with Crippen LogP contribution in [0.4, 0.5) is 5.69 Å². The fourth-order valence-electron chi connectivity index (χ4n) is 3.58. The lowest BCUT2D eigenvalue weighted by atomic mass is 10.1. The van der Waals surface area contributed by atoms with Crippen molar-refractivity contribution < 1.29 is 14.3 Å². The van der Waals surface area contributed by atoms with Gasteiger partial charge < -0.3 is 14.8 Å². The number of pyridine rings is 1. The Morgan fingerprint density at radius 3 is 2.58 bits per heavy atom. The van der Waals surface area contributed by atoms with Crippen LogP contribution in [-0.4, -0.2) is 31.2 Å². The Labute approximate surface area is 193 Å². The molecule has 5 heteroatoms. The van der Waals surface area contributed by atoms with E-state index in [0.717, 1.165) is 34.2 Å². The molecule has 0 aliphatic heterocycles. The lowest BCUT2D eigenvalue weighted by Gasteiger charge is -2.13. The molecule has 1 heterocycles. The van der Waals surface area contributed by atoms with E-state index in [1.54, 1.807) is 24.5 Å². The highest BCUT2D eigenvalue weighted by Gasteiger charge is 2.06. The summed E-state index contributed by atoms with van der Waals surface area (Å²) in [6, 6.07) is 25.6. The van der Waals surface area contributed by atoms with Crippen molar-refractivity contribution in [2.75, 3.05) is 25.6 Å². The first-order chi connectivity index (χ1) is 16.2. The molecule has 0 unspecified atom stereocenters. The molecule has 0 radical (unpaired) electrons. The average molecular weight is 439 g/mol. The number of carbonyl (C=O) groups excluding carboxylic acids is 1. The standard InChI is InChI=1S/C28H26N2O3/c1-32-28(31)24-13-11-21(12-14-24)18-22(19-30-25-8-5-16-29-20-25)15-17-33-27-10-4-7-23-6-2-3-9-26(23)27/h2-14,16,18,20,30H,15,17,19H2,1H3. The number of rotatable bonds is 9. The third-order valence-corrected chi connectivity index (χ3v) is 5.31. The zero-order chi connectivity index (χ0) is 22.9. The van der Waals surface area contributed by atoms with E-state index in [1.807, 2.05) is 48.5 Å². The first-order valence-electron chi connectivity index (χ1n) is 10.9. The highest BCUT2D eigenvalue weighted by molar-refractivity contribution is 5.89. The van der Waals surface area contributed by atoms with Gasteiger partial charge in [0, 0.05) is 30.7 Å². The normalized spacial score (nSPS) is 11.2. The summed E-state index contributed by atoms with van der Waals surface area (Å²) in [6.45, 7) is 1.21. The maximum Gasteiger partial charge on any atom is 0.337 e. The van der Waals surface area contributed by atoms with Gasteiger partial charge in [-0.2, -0.15) is 0 Å². The highest BCUT2D eigenvalue weighted by Crippen LogP contribution is 2.25. The number of benzene rings is 3. The van der Waals surface area contributed by atoms with Gasteiger partial charge in [0.15, 0.2) is 0 Å². The van der Waals surface area contributed by atoms with Crippen molar-refractivity contribution in [3.05, 3.63) is 108 Å². The molecule has 3 aromatic carbocycles. The topological polar surface area (TPSA) is 60.5 Å². The summed E-state index contributed by atoms with van der Waals surface area (Å²) in [7, 11) is 1.38. The van der Waals surface area contributed by atoms with E-state index in [9.17, 15) is 4.79 Å². The summed E-state index contributed by atoms with van der Waals surface area (Å²) in [5.74, 6) is 0.544. The van der Waals surface area contributed by atoms with E-state index < -0.39 is 0 Å². The summed E-state index contributed by atoms with van der Waals surface area (Å²) in [4.78, 5) is 15.9. The summed E-state index contributed by atoms with van der Waals surface area (Å²) >= 11 is 0. The smallest absolute Gasteiger partial charge is 0.337 e. The lowest BCUT2D eigenvalue weighted by molar-refractivity contribution is 0.0600. The van der Waals surface area contributed by atoms with Crippen LogP contribution in [0.25, 0.3) is 16.8 Å². The number of nitrogens with one attached hydrogen (secondary N) is 1. The second-order valence-electron chi connectivity index (χ2n) is 7.59. The zero-order valence-corrected chi connectivity index (χ0v) is 18.5. The Hall–Kier alpha value is -4.12. The van der Waals surface area contributed by atoms with Gasteiger partial charge in [0.25, 0.3) is 0 Å². The van der Waals surface area contributed by atoms with Crippen LogP contribution < -0.4 is 10.1 Å². The van der Waals surface area contributed by atoms with Gasteiger partial charge in [-0.1, -0.05) is 54.6 Å². The third kappa shape index (κ3) is 5.98. The van der Waals surface area contributed by atoms with Crippen molar-refractivity contribution in [1.82, 2.24) is 4.98 Å². The molecule has 0 aliphatic carbocycles. The molecule has 4 aromatic rings. The molecule has 0 bridgehead atoms. The van der Waals surface area contributed by atoms with Crippen LogP contribution in [0.2, 0.25) is 0 Å². The molecule has 5 nitrogen and oxygen atoms in total. The van der Waals surface area contributed by atoms with Crippen LogP contribution in [0, 0.1) is 0 Å². The molecular formula is C28H26N2O3. The van der Waals surface area contributed by atoms with E-state index in [0.29, 0.717) is 18.7 Å². The molecule has 0 fully saturated rings. The molecule has 0 atom stereocenters. The van der Waals surface area contributed by atoms with Gasteiger partial charge in [-0.25, -0.2) is 4.79 Å². The number of aromatic nitrogens is 1. The number of ether oxygens (including phenoxy) is 2. The number of esters is 1. The summed E-state index contributed by atoms with van der Waals surface area (Å²) < 4.78 is 10.9. The van der Waals surface area contributed by atoms with E-state index in [-0.39, 0.29) is 5.97 Å². The van der Waals surface area contributed by atoms with Crippen LogP contribution in [0.15, 0.2) is 96.8 Å². The molecular weight excluding hydrogens is 412 g/mol. The molecule has 1 aromatic heterocycles. The molecule has 0 saturated heterocycles. The van der Waals surface area contributed by atoms with Gasteiger partial charge in [0.2, 0.25) is 0 Å². The second kappa shape index (κ2) is 11.0. The van der Waals surface area contributed by atoms with Gasteiger partial charge in [-0.15, -0.1) is 0 Å². The van der Waals surface area contributed by atoms with E-state index >= 15 is 0 Å². The Bertz CT molecular complexity index is 1230. The Morgan fingerprint density at radius 2 is 1.79 bits per heavy atom. The predicted molar refractivity (Wildman–Crippen MR) is 133 cm³/mol. The average Bonchev–Trinajstić information content (AvgIpc) is 2.88. The molecule has 0 saturated carbocycles. The number of anilines is 1. The monoisotopic (exact) mass is 438 g/mol. The Kier molecular flexibility index (Phi) is 7.33. The number of methoxy groups -OCH3 is 1. The zero-order valence-electron chi connectivity index (χ0n) is 18.5. The number of fused-ring (bicyclic) bond motifs is 1. The van der Waals surface area contributed by atoms with Crippen LogP contribution in [0.3, 0.4) is 0 Å². The van der Waals surface area contributed by atoms with Crippen LogP contribution in [-0.2, 0) is 4.74 Å². The minimum atomic E-state index is -0.340. The van der Waals surface area contributed by atoms with Gasteiger partial charge in [-0.05, 0) is 46.9 Å². The second-order valence-corrected chi connectivity index (χ2v) is 7.59. The third-order valence-electron chi connectivity index (χ3n) is 5.31. The predicted octanol–water partition coefficient (Wildman–Crippen LogP) is 5.99. The first-order valence-corrected chi connectivity index (χ1v) is 10.9. The minimum absolute atomic E-state index is 0.340. The Morgan fingerprint density at radius 1 is 0.970 bits per heavy atom. The number of hydrogen-bond acceptors (Lipinski definition) is 5. The van der Waals surface area contributed by atoms with Crippen LogP contribution in [0.1, 0.15) is 22.3 Å². The molecule has 0 amide bonds. The quantitative estimate of drug-likeness (QED) is 0.326. The number of carbonyl (C=O) groups is 1. The maximum absolute atomic E-state index is 11.7. The molecule has 4 rings (SSSR count).